The van der Waals surface area contributed by atoms with Crippen LogP contribution in [-0.2, 0) is 20.7 Å². The Morgan fingerprint density at radius 2 is 2.04 bits per heavy atom. The Hall–Kier alpha value is -1.89. The summed E-state index contributed by atoms with van der Waals surface area (Å²) in [6, 6.07) is 0. The third-order valence-corrected chi connectivity index (χ3v) is 5.11. The lowest BCUT2D eigenvalue weighted by Crippen LogP contribution is -2.40. The van der Waals surface area contributed by atoms with Crippen molar-refractivity contribution in [1.82, 2.24) is 4.90 Å². The van der Waals surface area contributed by atoms with Gasteiger partial charge in [-0.2, -0.15) is 0 Å². The van der Waals surface area contributed by atoms with Gasteiger partial charge in [-0.3, -0.25) is 9.59 Å². The molecule has 24 heavy (non-hydrogen) atoms. The zero-order valence-corrected chi connectivity index (χ0v) is 15.3. The topological polar surface area (TPSA) is 75.7 Å². The van der Waals surface area contributed by atoms with E-state index in [0.29, 0.717) is 30.0 Å². The van der Waals surface area contributed by atoms with Crippen molar-refractivity contribution >= 4 is 34.1 Å². The summed E-state index contributed by atoms with van der Waals surface area (Å²) in [5, 5.41) is 3.31. The van der Waals surface area contributed by atoms with Crippen LogP contribution in [0, 0.1) is 6.92 Å². The van der Waals surface area contributed by atoms with Gasteiger partial charge >= 0.3 is 5.97 Å². The molecule has 0 atom stereocenters. The maximum absolute atomic E-state index is 12.3. The molecule has 1 N–H and O–H groups in total. The van der Waals surface area contributed by atoms with E-state index in [-0.39, 0.29) is 25.0 Å². The van der Waals surface area contributed by atoms with E-state index < -0.39 is 5.97 Å². The summed E-state index contributed by atoms with van der Waals surface area (Å²) >= 11 is 1.37. The van der Waals surface area contributed by atoms with Crippen molar-refractivity contribution in [3.63, 3.8) is 0 Å². The molecule has 2 heterocycles. The zero-order valence-electron chi connectivity index (χ0n) is 14.4. The van der Waals surface area contributed by atoms with E-state index in [9.17, 15) is 14.4 Å². The van der Waals surface area contributed by atoms with Crippen LogP contribution in [0.5, 0.6) is 0 Å². The van der Waals surface area contributed by atoms with Crippen LogP contribution in [0.25, 0.3) is 0 Å². The number of hydrogen-bond acceptors (Lipinski definition) is 5. The SMILES string of the molecule is CCOC(=O)c1c(NC(=O)CN2CCCCC2=O)sc(C)c1CC. The van der Waals surface area contributed by atoms with E-state index in [0.717, 1.165) is 23.3 Å². The monoisotopic (exact) mass is 352 g/mol. The lowest BCUT2D eigenvalue weighted by molar-refractivity contribution is -0.136. The third kappa shape index (κ3) is 4.14. The van der Waals surface area contributed by atoms with Crippen LogP contribution >= 0.6 is 11.3 Å². The molecule has 7 heteroatoms. The number of thiophene rings is 1. The molecule has 0 unspecified atom stereocenters. The van der Waals surface area contributed by atoms with Gasteiger partial charge in [-0.25, -0.2) is 4.79 Å². The molecular formula is C17H24N2O4S. The first-order valence-electron chi connectivity index (χ1n) is 8.34. The van der Waals surface area contributed by atoms with Crippen molar-refractivity contribution in [1.29, 1.82) is 0 Å². The number of aryl methyl sites for hydroxylation is 1. The van der Waals surface area contributed by atoms with Crippen molar-refractivity contribution < 1.29 is 19.1 Å². The largest absolute Gasteiger partial charge is 0.462 e. The zero-order chi connectivity index (χ0) is 17.7. The number of rotatable bonds is 6. The number of nitrogens with zero attached hydrogens (tertiary/aromatic N) is 1. The van der Waals surface area contributed by atoms with Gasteiger partial charge in [0, 0.05) is 17.8 Å². The molecule has 0 saturated carbocycles. The van der Waals surface area contributed by atoms with Crippen molar-refractivity contribution in [2.45, 2.75) is 46.5 Å². The number of likely N-dealkylation sites (tertiary alicyclic amines) is 1. The highest BCUT2D eigenvalue weighted by atomic mass is 32.1. The minimum absolute atomic E-state index is 0.0126. The maximum atomic E-state index is 12.3. The summed E-state index contributed by atoms with van der Waals surface area (Å²) in [5.74, 6) is -0.679. The molecule has 0 spiro atoms. The van der Waals surface area contributed by atoms with E-state index in [1.165, 1.54) is 11.3 Å². The summed E-state index contributed by atoms with van der Waals surface area (Å²) in [4.78, 5) is 39.0. The Morgan fingerprint density at radius 3 is 2.67 bits per heavy atom. The predicted molar refractivity (Wildman–Crippen MR) is 93.5 cm³/mol. The molecule has 132 valence electrons. The molecule has 0 bridgehead atoms. The molecule has 0 aromatic carbocycles. The first kappa shape index (κ1) is 18.4. The standard InChI is InChI=1S/C17H24N2O4S/c1-4-12-11(3)24-16(15(12)17(22)23-5-2)18-13(20)10-19-9-7-6-8-14(19)21/h4-10H2,1-3H3,(H,18,20). The van der Waals surface area contributed by atoms with Gasteiger partial charge in [0.1, 0.15) is 5.00 Å². The molecule has 2 amide bonds. The van der Waals surface area contributed by atoms with E-state index in [4.69, 9.17) is 4.74 Å². The molecule has 1 fully saturated rings. The molecule has 0 radical (unpaired) electrons. The van der Waals surface area contributed by atoms with Gasteiger partial charge in [0.15, 0.2) is 0 Å². The molecular weight excluding hydrogens is 328 g/mol. The van der Waals surface area contributed by atoms with Crippen molar-refractivity contribution in [2.75, 3.05) is 25.0 Å². The van der Waals surface area contributed by atoms with Crippen LogP contribution < -0.4 is 5.32 Å². The Bertz CT molecular complexity index is 639. The number of nitrogens with one attached hydrogen (secondary N) is 1. The van der Waals surface area contributed by atoms with E-state index in [2.05, 4.69) is 5.32 Å². The number of carbonyl (C=O) groups is 3. The fourth-order valence-electron chi connectivity index (χ4n) is 2.88. The van der Waals surface area contributed by atoms with Crippen LogP contribution in [0.2, 0.25) is 0 Å². The van der Waals surface area contributed by atoms with Crippen molar-refractivity contribution in [3.8, 4) is 0 Å². The third-order valence-electron chi connectivity index (χ3n) is 4.05. The highest BCUT2D eigenvalue weighted by Gasteiger charge is 2.25. The van der Waals surface area contributed by atoms with Crippen LogP contribution in [0.3, 0.4) is 0 Å². The highest BCUT2D eigenvalue weighted by molar-refractivity contribution is 7.16. The summed E-state index contributed by atoms with van der Waals surface area (Å²) in [6.45, 7) is 6.57. The maximum Gasteiger partial charge on any atom is 0.341 e. The lowest BCUT2D eigenvalue weighted by atomic mass is 10.1. The number of piperidine rings is 1. The lowest BCUT2D eigenvalue weighted by Gasteiger charge is -2.25. The average molecular weight is 352 g/mol. The van der Waals surface area contributed by atoms with Gasteiger partial charge in [-0.1, -0.05) is 6.92 Å². The number of anilines is 1. The second-order valence-electron chi connectivity index (χ2n) is 5.74. The quantitative estimate of drug-likeness (QED) is 0.799. The first-order chi connectivity index (χ1) is 11.5. The molecule has 2 rings (SSSR count). The number of carbonyl (C=O) groups excluding carboxylic acids is 3. The summed E-state index contributed by atoms with van der Waals surface area (Å²) < 4.78 is 5.12. The fourth-order valence-corrected chi connectivity index (χ4v) is 4.03. The van der Waals surface area contributed by atoms with Gasteiger partial charge in [0.25, 0.3) is 0 Å². The fraction of sp³-hybridized carbons (Fsp3) is 0.588. The summed E-state index contributed by atoms with van der Waals surface area (Å²) in [5.41, 5.74) is 1.35. The minimum Gasteiger partial charge on any atom is -0.462 e. The van der Waals surface area contributed by atoms with Crippen molar-refractivity contribution in [2.24, 2.45) is 0 Å². The Morgan fingerprint density at radius 1 is 1.29 bits per heavy atom. The molecule has 1 saturated heterocycles. The van der Waals surface area contributed by atoms with E-state index in [1.807, 2.05) is 13.8 Å². The molecule has 1 aromatic heterocycles. The summed E-state index contributed by atoms with van der Waals surface area (Å²) in [6.07, 6.45) is 3.00. The van der Waals surface area contributed by atoms with Crippen LogP contribution in [0.15, 0.2) is 0 Å². The predicted octanol–water partition coefficient (Wildman–Crippen LogP) is 2.75. The van der Waals surface area contributed by atoms with Gasteiger partial charge in [0.2, 0.25) is 11.8 Å². The number of amides is 2. The van der Waals surface area contributed by atoms with E-state index >= 15 is 0 Å². The minimum atomic E-state index is -0.414. The van der Waals surface area contributed by atoms with Crippen LogP contribution in [0.4, 0.5) is 5.00 Å². The van der Waals surface area contributed by atoms with Crippen LogP contribution in [-0.4, -0.2) is 42.4 Å². The van der Waals surface area contributed by atoms with Crippen LogP contribution in [0.1, 0.15) is 53.9 Å². The molecule has 1 aromatic rings. The van der Waals surface area contributed by atoms with Crippen molar-refractivity contribution in [3.05, 3.63) is 16.0 Å². The number of ether oxygens (including phenoxy) is 1. The van der Waals surface area contributed by atoms with Gasteiger partial charge in [-0.15, -0.1) is 11.3 Å². The second kappa shape index (κ2) is 8.28. The van der Waals surface area contributed by atoms with Gasteiger partial charge in [0.05, 0.1) is 18.7 Å². The molecule has 1 aliphatic rings. The number of esters is 1. The highest BCUT2D eigenvalue weighted by Crippen LogP contribution is 2.34. The smallest absolute Gasteiger partial charge is 0.341 e. The average Bonchev–Trinajstić information content (AvgIpc) is 2.85. The second-order valence-corrected chi connectivity index (χ2v) is 6.96. The first-order valence-corrected chi connectivity index (χ1v) is 9.16. The normalized spacial score (nSPS) is 14.6. The summed E-state index contributed by atoms with van der Waals surface area (Å²) in [7, 11) is 0. The van der Waals surface area contributed by atoms with Gasteiger partial charge < -0.3 is 15.0 Å². The number of hydrogen-bond donors (Lipinski definition) is 1. The van der Waals surface area contributed by atoms with E-state index in [1.54, 1.807) is 11.8 Å². The Balaban J connectivity index is 2.14. The molecule has 0 aliphatic carbocycles. The molecule has 6 nitrogen and oxygen atoms in total. The molecule has 1 aliphatic heterocycles. The van der Waals surface area contributed by atoms with Gasteiger partial charge in [-0.05, 0) is 38.7 Å². The Labute approximate surface area is 146 Å². The Kier molecular flexibility index (Phi) is 6.36.